The first-order chi connectivity index (χ1) is 4.74. The topological polar surface area (TPSA) is 70.1 Å². The van der Waals surface area contributed by atoms with Crippen LogP contribution in [0.3, 0.4) is 0 Å². The summed E-state index contributed by atoms with van der Waals surface area (Å²) in [6, 6.07) is 1.48. The molecule has 0 aliphatic heterocycles. The van der Waals surface area contributed by atoms with Crippen molar-refractivity contribution in [2.45, 2.75) is 0 Å². The van der Waals surface area contributed by atoms with Gasteiger partial charge in [-0.2, -0.15) is 4.79 Å². The van der Waals surface area contributed by atoms with Crippen LogP contribution in [0.25, 0.3) is 0 Å². The zero-order valence-corrected chi connectivity index (χ0v) is 5.44. The lowest BCUT2D eigenvalue weighted by atomic mass is 10.4. The van der Waals surface area contributed by atoms with Gasteiger partial charge in [0.25, 0.3) is 0 Å². The van der Waals surface area contributed by atoms with Crippen LogP contribution in [0.5, 0.6) is 0 Å². The Labute approximate surface area is 57.4 Å². The molecule has 0 fully saturated rings. The van der Waals surface area contributed by atoms with Gasteiger partial charge in [-0.3, -0.25) is 0 Å². The van der Waals surface area contributed by atoms with Crippen molar-refractivity contribution in [2.75, 3.05) is 13.0 Å². The third-order valence-corrected chi connectivity index (χ3v) is 1.00. The van der Waals surface area contributed by atoms with E-state index in [1.54, 1.807) is 0 Å². The average Bonchev–Trinajstić information content (AvgIpc) is 2.34. The molecular weight excluding hydrogens is 134 g/mol. The van der Waals surface area contributed by atoms with Crippen LogP contribution in [0.2, 0.25) is 0 Å². The fourth-order valence-electron chi connectivity index (χ4n) is 0.551. The smallest absolute Gasteiger partial charge is 0.358 e. The van der Waals surface area contributed by atoms with Gasteiger partial charge in [-0.15, -0.1) is 5.10 Å². The van der Waals surface area contributed by atoms with Crippen LogP contribution in [-0.4, -0.2) is 23.0 Å². The summed E-state index contributed by atoms with van der Waals surface area (Å²) in [4.78, 5) is 11.7. The van der Waals surface area contributed by atoms with Gasteiger partial charge in [0.2, 0.25) is 0 Å². The quantitative estimate of drug-likeness (QED) is 0.418. The van der Waals surface area contributed by atoms with Crippen LogP contribution in [0, 0.1) is 0 Å². The normalized spacial score (nSPS) is 9.30. The van der Waals surface area contributed by atoms with E-state index >= 15 is 0 Å². The highest BCUT2D eigenvalue weighted by Crippen LogP contribution is 1.93. The predicted molar refractivity (Wildman–Crippen MR) is 33.7 cm³/mol. The van der Waals surface area contributed by atoms with Gasteiger partial charge in [0, 0.05) is 6.20 Å². The summed E-state index contributed by atoms with van der Waals surface area (Å²) in [5.74, 6) is 4.69. The molecule has 1 aromatic rings. The molecule has 10 heavy (non-hydrogen) atoms. The zero-order valence-electron chi connectivity index (χ0n) is 5.44. The zero-order chi connectivity index (χ0) is 7.56. The third kappa shape index (κ3) is 1.07. The predicted octanol–water partition coefficient (Wildman–Crippen LogP) is -0.617. The number of hydrogen-bond acceptors (Lipinski definition) is 4. The monoisotopic (exact) mass is 141 g/mol. The Hall–Kier alpha value is -1.52. The first-order valence-corrected chi connectivity index (χ1v) is 2.63. The van der Waals surface area contributed by atoms with Crippen LogP contribution in [0.15, 0.2) is 12.3 Å². The van der Waals surface area contributed by atoms with E-state index in [2.05, 4.69) is 9.84 Å². The Morgan fingerprint density at radius 1 is 1.90 bits per heavy atom. The lowest BCUT2D eigenvalue weighted by Crippen LogP contribution is -2.10. The largest absolute Gasteiger partial charge is 0.464 e. The average molecular weight is 141 g/mol. The van der Waals surface area contributed by atoms with Gasteiger partial charge in [-0.05, 0) is 6.07 Å². The molecule has 0 atom stereocenters. The Morgan fingerprint density at radius 3 is 3.00 bits per heavy atom. The van der Waals surface area contributed by atoms with Gasteiger partial charge >= 0.3 is 5.97 Å². The minimum atomic E-state index is -0.482. The molecule has 1 rings (SSSR count). The van der Waals surface area contributed by atoms with E-state index in [4.69, 9.17) is 5.84 Å². The Balaban J connectivity index is 2.85. The highest BCUT2D eigenvalue weighted by Gasteiger charge is 2.06. The van der Waals surface area contributed by atoms with Crippen LogP contribution in [0.4, 0.5) is 0 Å². The standard InChI is InChI=1S/C5H7N3O2/c1-10-5(9)4-2-3-8(6)7-4/h2-3H,6H2,1H3. The number of hydrogen-bond donors (Lipinski definition) is 1. The van der Waals surface area contributed by atoms with Gasteiger partial charge in [0.05, 0.1) is 7.11 Å². The number of rotatable bonds is 1. The molecule has 0 spiro atoms. The SMILES string of the molecule is COC(=O)c1ccn(N)n1. The molecule has 5 nitrogen and oxygen atoms in total. The van der Waals surface area contributed by atoms with E-state index in [0.717, 1.165) is 4.79 Å². The number of ether oxygens (including phenoxy) is 1. The van der Waals surface area contributed by atoms with Gasteiger partial charge < -0.3 is 10.6 Å². The molecule has 0 saturated heterocycles. The highest BCUT2D eigenvalue weighted by molar-refractivity contribution is 5.86. The molecular formula is C5H7N3O2. The second-order valence-corrected chi connectivity index (χ2v) is 1.67. The maximum atomic E-state index is 10.7. The van der Waals surface area contributed by atoms with Crippen LogP contribution in [-0.2, 0) is 4.74 Å². The molecule has 1 aromatic heterocycles. The van der Waals surface area contributed by atoms with E-state index in [9.17, 15) is 4.79 Å². The summed E-state index contributed by atoms with van der Waals surface area (Å²) in [6.45, 7) is 0. The number of nitrogens with two attached hydrogens (primary N) is 1. The number of carbonyl (C=O) groups excluding carboxylic acids is 1. The van der Waals surface area contributed by atoms with Crippen molar-refractivity contribution in [3.05, 3.63) is 18.0 Å². The van der Waals surface area contributed by atoms with Gasteiger partial charge in [0.1, 0.15) is 0 Å². The molecule has 0 unspecified atom stereocenters. The second kappa shape index (κ2) is 2.38. The van der Waals surface area contributed by atoms with Gasteiger partial charge in [-0.1, -0.05) is 0 Å². The molecule has 2 N–H and O–H groups in total. The maximum Gasteiger partial charge on any atom is 0.358 e. The van der Waals surface area contributed by atoms with Crippen molar-refractivity contribution in [1.82, 2.24) is 9.89 Å². The van der Waals surface area contributed by atoms with Crippen molar-refractivity contribution in [2.24, 2.45) is 0 Å². The number of carbonyl (C=O) groups is 1. The lowest BCUT2D eigenvalue weighted by Gasteiger charge is -1.90. The van der Waals surface area contributed by atoms with Crippen molar-refractivity contribution in [3.63, 3.8) is 0 Å². The highest BCUT2D eigenvalue weighted by atomic mass is 16.5. The van der Waals surface area contributed by atoms with Crippen molar-refractivity contribution < 1.29 is 9.53 Å². The molecule has 54 valence electrons. The van der Waals surface area contributed by atoms with E-state index in [-0.39, 0.29) is 5.69 Å². The summed E-state index contributed by atoms with van der Waals surface area (Å²) in [5, 5.41) is 3.60. The van der Waals surface area contributed by atoms with Crippen molar-refractivity contribution in [1.29, 1.82) is 0 Å². The minimum Gasteiger partial charge on any atom is -0.464 e. The molecule has 0 aromatic carbocycles. The van der Waals surface area contributed by atoms with Crippen molar-refractivity contribution >= 4 is 5.97 Å². The fraction of sp³-hybridized carbons (Fsp3) is 0.200. The molecule has 0 radical (unpaired) electrons. The van der Waals surface area contributed by atoms with Crippen LogP contribution >= 0.6 is 0 Å². The first kappa shape index (κ1) is 6.60. The molecule has 0 aliphatic carbocycles. The number of methoxy groups -OCH3 is 1. The van der Waals surface area contributed by atoms with Crippen LogP contribution in [0.1, 0.15) is 10.5 Å². The molecule has 0 bridgehead atoms. The molecule has 5 heteroatoms. The van der Waals surface area contributed by atoms with Gasteiger partial charge in [-0.25, -0.2) is 4.79 Å². The van der Waals surface area contributed by atoms with E-state index < -0.39 is 5.97 Å². The summed E-state index contributed by atoms with van der Waals surface area (Å²) < 4.78 is 4.38. The number of esters is 1. The molecule has 0 amide bonds. The van der Waals surface area contributed by atoms with E-state index in [1.165, 1.54) is 19.4 Å². The van der Waals surface area contributed by atoms with Crippen LogP contribution < -0.4 is 5.84 Å². The minimum absolute atomic E-state index is 0.213. The summed E-state index contributed by atoms with van der Waals surface area (Å²) in [7, 11) is 1.29. The maximum absolute atomic E-state index is 10.7. The fourth-order valence-corrected chi connectivity index (χ4v) is 0.551. The Kier molecular flexibility index (Phi) is 1.57. The van der Waals surface area contributed by atoms with Crippen molar-refractivity contribution in [3.8, 4) is 0 Å². The molecule has 0 aliphatic rings. The van der Waals surface area contributed by atoms with Gasteiger partial charge in [0.15, 0.2) is 5.69 Å². The van der Waals surface area contributed by atoms with E-state index in [1.807, 2.05) is 0 Å². The summed E-state index contributed by atoms with van der Waals surface area (Å²) in [6.07, 6.45) is 1.46. The Bertz CT molecular complexity index is 243. The Morgan fingerprint density at radius 2 is 2.60 bits per heavy atom. The number of nitrogen functional groups attached to an aromatic ring is 1. The third-order valence-electron chi connectivity index (χ3n) is 1.00. The van der Waals surface area contributed by atoms with E-state index in [0.29, 0.717) is 0 Å². The molecule has 0 saturated carbocycles. The summed E-state index contributed by atoms with van der Waals surface area (Å²) >= 11 is 0. The molecule has 1 heterocycles. The lowest BCUT2D eigenvalue weighted by molar-refractivity contribution is 0.0593. The summed E-state index contributed by atoms with van der Waals surface area (Å²) in [5.41, 5.74) is 0.213. The number of nitrogens with zero attached hydrogens (tertiary/aromatic N) is 2. The first-order valence-electron chi connectivity index (χ1n) is 2.63. The number of aromatic nitrogens is 2. The second-order valence-electron chi connectivity index (χ2n) is 1.67.